The lowest BCUT2D eigenvalue weighted by Crippen LogP contribution is -2.25. The van der Waals surface area contributed by atoms with Crippen LogP contribution < -0.4 is 15.4 Å². The van der Waals surface area contributed by atoms with Crippen molar-refractivity contribution in [2.24, 2.45) is 0 Å². The molecule has 0 spiro atoms. The van der Waals surface area contributed by atoms with Gasteiger partial charge in [0.05, 0.1) is 5.69 Å². The van der Waals surface area contributed by atoms with E-state index in [9.17, 15) is 4.79 Å². The number of rotatable bonds is 3. The van der Waals surface area contributed by atoms with Crippen LogP contribution in [-0.4, -0.2) is 12.5 Å². The zero-order valence-corrected chi connectivity index (χ0v) is 13.1. The van der Waals surface area contributed by atoms with Crippen LogP contribution in [-0.2, 0) is 4.79 Å². The van der Waals surface area contributed by atoms with Crippen LogP contribution in [0, 0.1) is 0 Å². The number of nitrogens with one attached hydrogen (secondary N) is 2. The van der Waals surface area contributed by atoms with Crippen LogP contribution >= 0.6 is 15.9 Å². The predicted molar refractivity (Wildman–Crippen MR) is 86.7 cm³/mol. The zero-order valence-electron chi connectivity index (χ0n) is 11.5. The van der Waals surface area contributed by atoms with Crippen LogP contribution in [0.2, 0.25) is 0 Å². The fourth-order valence-electron chi connectivity index (χ4n) is 2.28. The maximum atomic E-state index is 11.4. The van der Waals surface area contributed by atoms with Crippen molar-refractivity contribution in [3.05, 3.63) is 52.5 Å². The van der Waals surface area contributed by atoms with Gasteiger partial charge in [-0.3, -0.25) is 4.79 Å². The third-order valence-corrected chi connectivity index (χ3v) is 3.84. The van der Waals surface area contributed by atoms with Crippen molar-refractivity contribution in [2.75, 3.05) is 17.2 Å². The van der Waals surface area contributed by atoms with Gasteiger partial charge < -0.3 is 15.4 Å². The first-order valence-corrected chi connectivity index (χ1v) is 7.50. The highest BCUT2D eigenvalue weighted by Gasteiger charge is 2.17. The van der Waals surface area contributed by atoms with Crippen molar-refractivity contribution >= 4 is 33.2 Å². The van der Waals surface area contributed by atoms with Crippen molar-refractivity contribution in [1.82, 2.24) is 0 Å². The Bertz CT molecular complexity index is 688. The van der Waals surface area contributed by atoms with Crippen molar-refractivity contribution in [3.63, 3.8) is 0 Å². The SMILES string of the molecule is CC(Nc1cccc(Br)c1)c1ccc2c(c1)NC(=O)CO2. The predicted octanol–water partition coefficient (Wildman–Crippen LogP) is 3.95. The number of amides is 1. The molecule has 0 radical (unpaired) electrons. The Balaban J connectivity index is 1.80. The van der Waals surface area contributed by atoms with E-state index in [-0.39, 0.29) is 18.6 Å². The number of fused-ring (bicyclic) bond motifs is 1. The largest absolute Gasteiger partial charge is 0.482 e. The smallest absolute Gasteiger partial charge is 0.262 e. The first kappa shape index (κ1) is 13.9. The van der Waals surface area contributed by atoms with E-state index in [1.165, 1.54) is 0 Å². The molecule has 1 unspecified atom stereocenters. The summed E-state index contributed by atoms with van der Waals surface area (Å²) in [6.45, 7) is 2.16. The molecule has 1 aliphatic rings. The number of halogens is 1. The molecule has 1 aliphatic heterocycles. The van der Waals surface area contributed by atoms with Crippen molar-refractivity contribution in [1.29, 1.82) is 0 Å². The monoisotopic (exact) mass is 346 g/mol. The first-order valence-electron chi connectivity index (χ1n) is 6.70. The van der Waals surface area contributed by atoms with Crippen LogP contribution in [0.25, 0.3) is 0 Å². The Morgan fingerprint density at radius 1 is 1.29 bits per heavy atom. The summed E-state index contributed by atoms with van der Waals surface area (Å²) in [4.78, 5) is 11.4. The number of anilines is 2. The Morgan fingerprint density at radius 2 is 2.14 bits per heavy atom. The molecule has 0 saturated heterocycles. The molecule has 0 aliphatic carbocycles. The molecule has 0 bridgehead atoms. The number of carbonyl (C=O) groups excluding carboxylic acids is 1. The highest BCUT2D eigenvalue weighted by Crippen LogP contribution is 2.31. The van der Waals surface area contributed by atoms with E-state index >= 15 is 0 Å². The lowest BCUT2D eigenvalue weighted by atomic mass is 10.1. The summed E-state index contributed by atoms with van der Waals surface area (Å²) in [5.41, 5.74) is 2.85. The number of hydrogen-bond acceptors (Lipinski definition) is 3. The van der Waals surface area contributed by atoms with E-state index in [2.05, 4.69) is 33.5 Å². The Morgan fingerprint density at radius 3 is 2.95 bits per heavy atom. The van der Waals surface area contributed by atoms with Gasteiger partial charge in [-0.2, -0.15) is 0 Å². The minimum Gasteiger partial charge on any atom is -0.482 e. The van der Waals surface area contributed by atoms with E-state index in [1.54, 1.807) is 0 Å². The Hall–Kier alpha value is -2.01. The fourth-order valence-corrected chi connectivity index (χ4v) is 2.68. The van der Waals surface area contributed by atoms with Crippen LogP contribution in [0.4, 0.5) is 11.4 Å². The molecule has 0 aromatic heterocycles. The lowest BCUT2D eigenvalue weighted by molar-refractivity contribution is -0.118. The molecule has 1 amide bonds. The molecule has 3 rings (SSSR count). The molecule has 4 nitrogen and oxygen atoms in total. The summed E-state index contributed by atoms with van der Waals surface area (Å²) in [5, 5.41) is 6.26. The summed E-state index contributed by atoms with van der Waals surface area (Å²) < 4.78 is 6.40. The minimum atomic E-state index is -0.118. The quantitative estimate of drug-likeness (QED) is 0.884. The second-order valence-electron chi connectivity index (χ2n) is 4.97. The van der Waals surface area contributed by atoms with Gasteiger partial charge in [-0.05, 0) is 42.8 Å². The highest BCUT2D eigenvalue weighted by molar-refractivity contribution is 9.10. The molecule has 0 fully saturated rings. The number of carbonyl (C=O) groups is 1. The topological polar surface area (TPSA) is 50.4 Å². The number of benzene rings is 2. The van der Waals surface area contributed by atoms with Crippen molar-refractivity contribution < 1.29 is 9.53 Å². The molecule has 108 valence electrons. The third kappa shape index (κ3) is 3.19. The van der Waals surface area contributed by atoms with E-state index in [0.717, 1.165) is 21.4 Å². The van der Waals surface area contributed by atoms with Gasteiger partial charge in [-0.1, -0.05) is 28.1 Å². The van der Waals surface area contributed by atoms with Gasteiger partial charge in [0.25, 0.3) is 5.91 Å². The molecule has 0 saturated carbocycles. The first-order chi connectivity index (χ1) is 10.1. The maximum absolute atomic E-state index is 11.4. The van der Waals surface area contributed by atoms with Gasteiger partial charge in [-0.25, -0.2) is 0 Å². The average Bonchev–Trinajstić information content (AvgIpc) is 2.46. The summed E-state index contributed by atoms with van der Waals surface area (Å²) in [5.74, 6) is 0.597. The second kappa shape index (κ2) is 5.77. The average molecular weight is 347 g/mol. The van der Waals surface area contributed by atoms with Gasteiger partial charge in [0.2, 0.25) is 0 Å². The Labute approximate surface area is 131 Å². The fraction of sp³-hybridized carbons (Fsp3) is 0.188. The standard InChI is InChI=1S/C16H15BrN2O2/c1-10(18-13-4-2-3-12(17)8-13)11-5-6-15-14(7-11)19-16(20)9-21-15/h2-8,10,18H,9H2,1H3,(H,19,20). The highest BCUT2D eigenvalue weighted by atomic mass is 79.9. The van der Waals surface area contributed by atoms with Crippen LogP contribution in [0.15, 0.2) is 46.9 Å². The summed E-state index contributed by atoms with van der Waals surface area (Å²) in [7, 11) is 0. The van der Waals surface area contributed by atoms with E-state index in [0.29, 0.717) is 5.75 Å². The van der Waals surface area contributed by atoms with Crippen LogP contribution in [0.5, 0.6) is 5.75 Å². The summed E-state index contributed by atoms with van der Waals surface area (Å²) in [6.07, 6.45) is 0. The van der Waals surface area contributed by atoms with Crippen LogP contribution in [0.3, 0.4) is 0 Å². The van der Waals surface area contributed by atoms with E-state index in [4.69, 9.17) is 4.74 Å². The number of ether oxygens (including phenoxy) is 1. The normalized spacial score (nSPS) is 14.7. The molecular weight excluding hydrogens is 332 g/mol. The van der Waals surface area contributed by atoms with Crippen molar-refractivity contribution in [2.45, 2.75) is 13.0 Å². The molecule has 2 aromatic carbocycles. The zero-order chi connectivity index (χ0) is 14.8. The molecule has 1 atom stereocenters. The molecule has 21 heavy (non-hydrogen) atoms. The van der Waals surface area contributed by atoms with Gasteiger partial charge in [0.15, 0.2) is 6.61 Å². The van der Waals surface area contributed by atoms with E-state index < -0.39 is 0 Å². The second-order valence-corrected chi connectivity index (χ2v) is 5.88. The minimum absolute atomic E-state index is 0.0815. The number of hydrogen-bond donors (Lipinski definition) is 2. The van der Waals surface area contributed by atoms with Gasteiger partial charge in [0, 0.05) is 16.2 Å². The van der Waals surface area contributed by atoms with Gasteiger partial charge >= 0.3 is 0 Å². The van der Waals surface area contributed by atoms with Crippen molar-refractivity contribution in [3.8, 4) is 5.75 Å². The van der Waals surface area contributed by atoms with Gasteiger partial charge in [-0.15, -0.1) is 0 Å². The summed E-state index contributed by atoms with van der Waals surface area (Å²) >= 11 is 3.46. The molecule has 1 heterocycles. The van der Waals surface area contributed by atoms with Crippen LogP contribution in [0.1, 0.15) is 18.5 Å². The maximum Gasteiger partial charge on any atom is 0.262 e. The van der Waals surface area contributed by atoms with Gasteiger partial charge in [0.1, 0.15) is 5.75 Å². The van der Waals surface area contributed by atoms with E-state index in [1.807, 2.05) is 42.5 Å². The summed E-state index contributed by atoms with van der Waals surface area (Å²) in [6, 6.07) is 14.0. The lowest BCUT2D eigenvalue weighted by Gasteiger charge is -2.21. The molecular formula is C16H15BrN2O2. The Kier molecular flexibility index (Phi) is 3.84. The third-order valence-electron chi connectivity index (χ3n) is 3.34. The molecule has 2 N–H and O–H groups in total. The molecule has 5 heteroatoms. The molecule has 2 aromatic rings.